The lowest BCUT2D eigenvalue weighted by Gasteiger charge is -2.06. The molecule has 0 fully saturated rings. The quantitative estimate of drug-likeness (QED) is 0.635. The standard InChI is InChI=1S/C11H6ClFN8/c12-6-1-7-10(17-4-16-7)8(13)9(6)15-3-5(2-14)11-18-20-21-19-11/h1,3-4,15H,(H,16,17)(H,18,19,20,21). The van der Waals surface area contributed by atoms with Crippen LogP contribution in [0.2, 0.25) is 5.02 Å². The molecule has 0 aliphatic rings. The number of halogens is 2. The number of aromatic amines is 2. The molecule has 3 aromatic rings. The minimum atomic E-state index is -0.625. The molecule has 0 bridgehead atoms. The van der Waals surface area contributed by atoms with Crippen LogP contribution in [0.15, 0.2) is 18.6 Å². The third-order valence-electron chi connectivity index (χ3n) is 2.67. The highest BCUT2D eigenvalue weighted by Gasteiger charge is 2.14. The average molecular weight is 305 g/mol. The Morgan fingerprint density at radius 1 is 1.52 bits per heavy atom. The molecule has 0 aliphatic heterocycles. The van der Waals surface area contributed by atoms with Crippen LogP contribution in [0.4, 0.5) is 10.1 Å². The number of hydrogen-bond acceptors (Lipinski definition) is 6. The van der Waals surface area contributed by atoms with Gasteiger partial charge in [-0.05, 0) is 11.3 Å². The number of nitriles is 1. The maximum Gasteiger partial charge on any atom is 0.216 e. The minimum absolute atomic E-state index is 0.00696. The molecule has 0 saturated carbocycles. The van der Waals surface area contributed by atoms with E-state index < -0.39 is 5.82 Å². The fourth-order valence-electron chi connectivity index (χ4n) is 1.71. The number of nitrogens with zero attached hydrogens (tertiary/aromatic N) is 5. The molecular formula is C11H6ClFN8. The number of nitrogens with one attached hydrogen (secondary N) is 3. The molecule has 3 rings (SSSR count). The van der Waals surface area contributed by atoms with Crippen LogP contribution >= 0.6 is 11.6 Å². The SMILES string of the molecule is N#CC(=CNc1c(Cl)cc2[nH]cnc2c1F)c1nn[nH]n1. The first-order valence-corrected chi connectivity index (χ1v) is 6.00. The smallest absolute Gasteiger partial charge is 0.216 e. The fraction of sp³-hybridized carbons (Fsp3) is 0. The summed E-state index contributed by atoms with van der Waals surface area (Å²) < 4.78 is 14.3. The number of allylic oxidation sites excluding steroid dienone is 1. The van der Waals surface area contributed by atoms with Gasteiger partial charge in [0.25, 0.3) is 0 Å². The first-order valence-electron chi connectivity index (χ1n) is 5.62. The van der Waals surface area contributed by atoms with Crippen molar-refractivity contribution in [3.63, 3.8) is 0 Å². The normalized spacial score (nSPS) is 11.6. The Bertz CT molecular complexity index is 860. The summed E-state index contributed by atoms with van der Waals surface area (Å²) >= 11 is 6.00. The van der Waals surface area contributed by atoms with E-state index in [2.05, 4.69) is 35.9 Å². The van der Waals surface area contributed by atoms with E-state index in [9.17, 15) is 4.39 Å². The van der Waals surface area contributed by atoms with Gasteiger partial charge in [-0.15, -0.1) is 10.2 Å². The highest BCUT2D eigenvalue weighted by molar-refractivity contribution is 6.34. The Labute approximate surface area is 121 Å². The number of aromatic nitrogens is 6. The summed E-state index contributed by atoms with van der Waals surface area (Å²) in [7, 11) is 0. The van der Waals surface area contributed by atoms with Gasteiger partial charge in [0.05, 0.1) is 22.6 Å². The number of tetrazole rings is 1. The number of imidazole rings is 1. The second kappa shape index (κ2) is 5.18. The number of rotatable bonds is 3. The van der Waals surface area contributed by atoms with Crippen molar-refractivity contribution in [2.75, 3.05) is 5.32 Å². The van der Waals surface area contributed by atoms with Gasteiger partial charge in [0.1, 0.15) is 17.2 Å². The van der Waals surface area contributed by atoms with Crippen molar-refractivity contribution in [3.8, 4) is 6.07 Å². The summed E-state index contributed by atoms with van der Waals surface area (Å²) in [4.78, 5) is 6.63. The predicted octanol–water partition coefficient (Wildman–Crippen LogP) is 1.85. The second-order valence-electron chi connectivity index (χ2n) is 3.90. The third kappa shape index (κ3) is 2.28. The Balaban J connectivity index is 2.00. The van der Waals surface area contributed by atoms with Crippen molar-refractivity contribution in [3.05, 3.63) is 35.3 Å². The van der Waals surface area contributed by atoms with E-state index in [1.165, 1.54) is 18.6 Å². The molecule has 2 aromatic heterocycles. The zero-order valence-corrected chi connectivity index (χ0v) is 11.0. The average Bonchev–Trinajstić information content (AvgIpc) is 3.13. The number of fused-ring (bicyclic) bond motifs is 1. The van der Waals surface area contributed by atoms with Gasteiger partial charge in [-0.1, -0.05) is 11.6 Å². The molecule has 0 unspecified atom stereocenters. The van der Waals surface area contributed by atoms with Crippen LogP contribution < -0.4 is 5.32 Å². The maximum atomic E-state index is 14.3. The van der Waals surface area contributed by atoms with Gasteiger partial charge in [0, 0.05) is 6.20 Å². The lowest BCUT2D eigenvalue weighted by Crippen LogP contribution is -1.97. The van der Waals surface area contributed by atoms with Crippen molar-refractivity contribution in [1.29, 1.82) is 5.26 Å². The van der Waals surface area contributed by atoms with E-state index in [-0.39, 0.29) is 27.6 Å². The van der Waals surface area contributed by atoms with Crippen molar-refractivity contribution in [2.45, 2.75) is 0 Å². The van der Waals surface area contributed by atoms with Gasteiger partial charge < -0.3 is 10.3 Å². The summed E-state index contributed by atoms with van der Waals surface area (Å²) in [6, 6.07) is 3.40. The molecule has 0 atom stereocenters. The van der Waals surface area contributed by atoms with E-state index in [1.807, 2.05) is 6.07 Å². The Kier molecular flexibility index (Phi) is 3.21. The largest absolute Gasteiger partial charge is 0.357 e. The predicted molar refractivity (Wildman–Crippen MR) is 72.5 cm³/mol. The molecular weight excluding hydrogens is 299 g/mol. The van der Waals surface area contributed by atoms with Crippen LogP contribution in [-0.4, -0.2) is 30.6 Å². The lowest BCUT2D eigenvalue weighted by atomic mass is 10.2. The van der Waals surface area contributed by atoms with Crippen LogP contribution in [0.3, 0.4) is 0 Å². The zero-order valence-electron chi connectivity index (χ0n) is 10.2. The van der Waals surface area contributed by atoms with Gasteiger partial charge in [0.2, 0.25) is 5.82 Å². The molecule has 1 aromatic carbocycles. The van der Waals surface area contributed by atoms with Crippen LogP contribution in [0, 0.1) is 17.1 Å². The molecule has 0 radical (unpaired) electrons. The molecule has 10 heteroatoms. The number of hydrogen-bond donors (Lipinski definition) is 3. The van der Waals surface area contributed by atoms with E-state index in [0.29, 0.717) is 5.52 Å². The second-order valence-corrected chi connectivity index (χ2v) is 4.30. The highest BCUT2D eigenvalue weighted by atomic mass is 35.5. The maximum absolute atomic E-state index is 14.3. The van der Waals surface area contributed by atoms with Crippen molar-refractivity contribution >= 4 is 33.9 Å². The van der Waals surface area contributed by atoms with Gasteiger partial charge in [-0.3, -0.25) is 0 Å². The summed E-state index contributed by atoms with van der Waals surface area (Å²) in [5.41, 5.74) is 0.702. The Morgan fingerprint density at radius 3 is 3.10 bits per heavy atom. The minimum Gasteiger partial charge on any atom is -0.357 e. The highest BCUT2D eigenvalue weighted by Crippen LogP contribution is 2.31. The van der Waals surface area contributed by atoms with E-state index in [1.54, 1.807) is 0 Å². The molecule has 0 aliphatic carbocycles. The number of H-pyrrole nitrogens is 2. The topological polar surface area (TPSA) is 119 Å². The monoisotopic (exact) mass is 304 g/mol. The van der Waals surface area contributed by atoms with E-state index >= 15 is 0 Å². The van der Waals surface area contributed by atoms with Crippen LogP contribution in [0.5, 0.6) is 0 Å². The zero-order chi connectivity index (χ0) is 14.8. The summed E-state index contributed by atoms with van der Waals surface area (Å²) in [6.07, 6.45) is 2.61. The first kappa shape index (κ1) is 13.0. The van der Waals surface area contributed by atoms with Crippen molar-refractivity contribution in [2.24, 2.45) is 0 Å². The molecule has 0 spiro atoms. The van der Waals surface area contributed by atoms with Gasteiger partial charge in [-0.2, -0.15) is 10.5 Å². The molecule has 21 heavy (non-hydrogen) atoms. The van der Waals surface area contributed by atoms with Crippen molar-refractivity contribution < 1.29 is 4.39 Å². The Hall–Kier alpha value is -2.99. The molecule has 0 amide bonds. The summed E-state index contributed by atoms with van der Waals surface area (Å²) in [5, 5.41) is 24.7. The van der Waals surface area contributed by atoms with Crippen molar-refractivity contribution in [1.82, 2.24) is 30.6 Å². The number of benzene rings is 1. The third-order valence-corrected chi connectivity index (χ3v) is 2.97. The Morgan fingerprint density at radius 2 is 2.38 bits per heavy atom. The molecule has 0 saturated heterocycles. The molecule has 3 N–H and O–H groups in total. The van der Waals surface area contributed by atoms with Gasteiger partial charge in [-0.25, -0.2) is 9.37 Å². The van der Waals surface area contributed by atoms with E-state index in [0.717, 1.165) is 0 Å². The number of anilines is 1. The fourth-order valence-corrected chi connectivity index (χ4v) is 1.96. The van der Waals surface area contributed by atoms with Gasteiger partial charge in [0.15, 0.2) is 5.82 Å². The lowest BCUT2D eigenvalue weighted by molar-refractivity contribution is 0.641. The summed E-state index contributed by atoms with van der Waals surface area (Å²) in [5.74, 6) is -0.539. The van der Waals surface area contributed by atoms with Crippen LogP contribution in [0.1, 0.15) is 5.82 Å². The van der Waals surface area contributed by atoms with Gasteiger partial charge >= 0.3 is 0 Å². The summed E-state index contributed by atoms with van der Waals surface area (Å²) in [6.45, 7) is 0. The van der Waals surface area contributed by atoms with Crippen LogP contribution in [-0.2, 0) is 0 Å². The van der Waals surface area contributed by atoms with E-state index in [4.69, 9.17) is 16.9 Å². The van der Waals surface area contributed by atoms with Crippen LogP contribution in [0.25, 0.3) is 16.6 Å². The molecule has 104 valence electrons. The molecule has 8 nitrogen and oxygen atoms in total. The first-order chi connectivity index (χ1) is 10.2. The molecule has 2 heterocycles.